The molecule has 1 saturated heterocycles. The Morgan fingerprint density at radius 1 is 1.33 bits per heavy atom. The van der Waals surface area contributed by atoms with Crippen molar-refractivity contribution in [3.05, 3.63) is 24.0 Å². The van der Waals surface area contributed by atoms with Crippen molar-refractivity contribution in [2.75, 3.05) is 18.5 Å². The molecule has 1 aromatic rings. The summed E-state index contributed by atoms with van der Waals surface area (Å²) in [5, 5.41) is 3.28. The standard InChI is InChI=1S/C17H24FNO2/c1-2-20-16-6-5-13(11-15(16)18)19-12-14-7-10-17(21-14)8-3-4-9-17/h5-6,11,14,19H,2-4,7-10,12H2,1H3. The third-order valence-electron chi connectivity index (χ3n) is 4.62. The van der Waals surface area contributed by atoms with Gasteiger partial charge in [-0.25, -0.2) is 4.39 Å². The van der Waals surface area contributed by atoms with Crippen molar-refractivity contribution in [1.29, 1.82) is 0 Å². The third-order valence-corrected chi connectivity index (χ3v) is 4.62. The lowest BCUT2D eigenvalue weighted by Gasteiger charge is -2.24. The molecule has 0 amide bonds. The molecular weight excluding hydrogens is 269 g/mol. The number of nitrogens with one attached hydrogen (secondary N) is 1. The molecule has 3 rings (SSSR count). The molecule has 2 fully saturated rings. The Morgan fingerprint density at radius 3 is 2.86 bits per heavy atom. The SMILES string of the molecule is CCOc1ccc(NCC2CCC3(CCCC3)O2)cc1F. The highest BCUT2D eigenvalue weighted by Gasteiger charge is 2.41. The van der Waals surface area contributed by atoms with Crippen LogP contribution < -0.4 is 10.1 Å². The fraction of sp³-hybridized carbons (Fsp3) is 0.647. The van der Waals surface area contributed by atoms with E-state index in [-0.39, 0.29) is 17.5 Å². The van der Waals surface area contributed by atoms with E-state index in [1.807, 2.05) is 13.0 Å². The highest BCUT2D eigenvalue weighted by atomic mass is 19.1. The lowest BCUT2D eigenvalue weighted by Crippen LogP contribution is -2.27. The van der Waals surface area contributed by atoms with Gasteiger partial charge in [0.25, 0.3) is 0 Å². The molecule has 0 aromatic heterocycles. The van der Waals surface area contributed by atoms with Crippen LogP contribution >= 0.6 is 0 Å². The van der Waals surface area contributed by atoms with Crippen LogP contribution in [0.5, 0.6) is 5.75 Å². The van der Waals surface area contributed by atoms with Gasteiger partial charge in [0.05, 0.1) is 18.3 Å². The van der Waals surface area contributed by atoms with Crippen molar-refractivity contribution in [3.63, 3.8) is 0 Å². The molecule has 1 atom stereocenters. The average molecular weight is 293 g/mol. The van der Waals surface area contributed by atoms with Gasteiger partial charge < -0.3 is 14.8 Å². The summed E-state index contributed by atoms with van der Waals surface area (Å²) in [4.78, 5) is 0. The van der Waals surface area contributed by atoms with Crippen molar-refractivity contribution >= 4 is 5.69 Å². The van der Waals surface area contributed by atoms with Gasteiger partial charge in [0.15, 0.2) is 11.6 Å². The molecule has 1 aliphatic heterocycles. The van der Waals surface area contributed by atoms with Crippen LogP contribution in [-0.4, -0.2) is 24.9 Å². The minimum absolute atomic E-state index is 0.163. The second-order valence-corrected chi connectivity index (χ2v) is 6.13. The van der Waals surface area contributed by atoms with Gasteiger partial charge in [0, 0.05) is 18.3 Å². The number of benzene rings is 1. The molecule has 1 aromatic carbocycles. The molecule has 3 nitrogen and oxygen atoms in total. The topological polar surface area (TPSA) is 30.5 Å². The van der Waals surface area contributed by atoms with Crippen LogP contribution in [0.3, 0.4) is 0 Å². The first-order chi connectivity index (χ1) is 10.2. The Bertz CT molecular complexity index is 486. The minimum atomic E-state index is -0.318. The summed E-state index contributed by atoms with van der Waals surface area (Å²) in [5.41, 5.74) is 0.947. The van der Waals surface area contributed by atoms with Crippen LogP contribution in [0.2, 0.25) is 0 Å². The number of hydrogen-bond donors (Lipinski definition) is 1. The Morgan fingerprint density at radius 2 is 2.14 bits per heavy atom. The Balaban J connectivity index is 1.52. The molecule has 2 aliphatic rings. The van der Waals surface area contributed by atoms with Crippen LogP contribution in [0.1, 0.15) is 45.4 Å². The van der Waals surface area contributed by atoms with E-state index in [2.05, 4.69) is 5.32 Å². The van der Waals surface area contributed by atoms with E-state index in [0.29, 0.717) is 12.4 Å². The van der Waals surface area contributed by atoms with Crippen LogP contribution in [0, 0.1) is 5.82 Å². The van der Waals surface area contributed by atoms with Crippen LogP contribution in [0.4, 0.5) is 10.1 Å². The minimum Gasteiger partial charge on any atom is -0.491 e. The van der Waals surface area contributed by atoms with E-state index in [0.717, 1.165) is 18.7 Å². The highest BCUT2D eigenvalue weighted by molar-refractivity contribution is 5.47. The summed E-state index contributed by atoms with van der Waals surface area (Å²) < 4.78 is 25.2. The Labute approximate surface area is 125 Å². The maximum atomic E-state index is 13.8. The number of halogens is 1. The maximum absolute atomic E-state index is 13.8. The molecule has 1 heterocycles. The molecular formula is C17H24FNO2. The number of anilines is 1. The zero-order chi connectivity index (χ0) is 14.7. The van der Waals surface area contributed by atoms with E-state index in [4.69, 9.17) is 9.47 Å². The van der Waals surface area contributed by atoms with Crippen molar-refractivity contribution in [2.45, 2.75) is 57.2 Å². The fourth-order valence-corrected chi connectivity index (χ4v) is 3.54. The van der Waals surface area contributed by atoms with Gasteiger partial charge in [-0.2, -0.15) is 0 Å². The summed E-state index contributed by atoms with van der Waals surface area (Å²) in [6, 6.07) is 5.02. The molecule has 0 bridgehead atoms. The lowest BCUT2D eigenvalue weighted by molar-refractivity contribution is -0.0307. The molecule has 1 saturated carbocycles. The van der Waals surface area contributed by atoms with E-state index in [1.54, 1.807) is 6.07 Å². The molecule has 21 heavy (non-hydrogen) atoms. The lowest BCUT2D eigenvalue weighted by atomic mass is 9.98. The molecule has 116 valence electrons. The van der Waals surface area contributed by atoms with Crippen LogP contribution in [0.15, 0.2) is 18.2 Å². The molecule has 1 N–H and O–H groups in total. The number of hydrogen-bond acceptors (Lipinski definition) is 3. The second-order valence-electron chi connectivity index (χ2n) is 6.13. The van der Waals surface area contributed by atoms with Gasteiger partial charge in [0.2, 0.25) is 0 Å². The Kier molecular flexibility index (Phi) is 4.34. The van der Waals surface area contributed by atoms with Gasteiger partial charge in [-0.05, 0) is 44.7 Å². The summed E-state index contributed by atoms with van der Waals surface area (Å²) >= 11 is 0. The molecule has 1 spiro atoms. The maximum Gasteiger partial charge on any atom is 0.167 e. The van der Waals surface area contributed by atoms with Crippen LogP contribution in [-0.2, 0) is 4.74 Å². The molecule has 1 aliphatic carbocycles. The van der Waals surface area contributed by atoms with Gasteiger partial charge in [-0.15, -0.1) is 0 Å². The van der Waals surface area contributed by atoms with E-state index in [1.165, 1.54) is 38.2 Å². The zero-order valence-corrected chi connectivity index (χ0v) is 12.7. The first-order valence-corrected chi connectivity index (χ1v) is 8.05. The monoisotopic (exact) mass is 293 g/mol. The summed E-state index contributed by atoms with van der Waals surface area (Å²) in [6.45, 7) is 3.07. The highest BCUT2D eigenvalue weighted by Crippen LogP contribution is 2.43. The first kappa shape index (κ1) is 14.6. The summed E-state index contributed by atoms with van der Waals surface area (Å²) in [7, 11) is 0. The zero-order valence-electron chi connectivity index (χ0n) is 12.7. The molecule has 0 radical (unpaired) electrons. The number of ether oxygens (including phenoxy) is 2. The average Bonchev–Trinajstić information content (AvgIpc) is 3.10. The van der Waals surface area contributed by atoms with Crippen LogP contribution in [0.25, 0.3) is 0 Å². The van der Waals surface area contributed by atoms with Gasteiger partial charge in [-0.3, -0.25) is 0 Å². The molecule has 1 unspecified atom stereocenters. The smallest absolute Gasteiger partial charge is 0.167 e. The van der Waals surface area contributed by atoms with Crippen molar-refractivity contribution in [3.8, 4) is 5.75 Å². The predicted molar refractivity (Wildman–Crippen MR) is 81.4 cm³/mol. The largest absolute Gasteiger partial charge is 0.491 e. The fourth-order valence-electron chi connectivity index (χ4n) is 3.54. The van der Waals surface area contributed by atoms with Crippen molar-refractivity contribution in [2.24, 2.45) is 0 Å². The quantitative estimate of drug-likeness (QED) is 0.885. The Hall–Kier alpha value is -1.29. The second kappa shape index (κ2) is 6.22. The van der Waals surface area contributed by atoms with E-state index in [9.17, 15) is 4.39 Å². The van der Waals surface area contributed by atoms with Gasteiger partial charge in [-0.1, -0.05) is 12.8 Å². The number of rotatable bonds is 5. The first-order valence-electron chi connectivity index (χ1n) is 8.05. The van der Waals surface area contributed by atoms with Gasteiger partial charge in [0.1, 0.15) is 0 Å². The van der Waals surface area contributed by atoms with Crippen molar-refractivity contribution < 1.29 is 13.9 Å². The van der Waals surface area contributed by atoms with Crippen molar-refractivity contribution in [1.82, 2.24) is 0 Å². The van der Waals surface area contributed by atoms with E-state index < -0.39 is 0 Å². The summed E-state index contributed by atoms with van der Waals surface area (Å²) in [5.74, 6) is -0.00784. The van der Waals surface area contributed by atoms with E-state index >= 15 is 0 Å². The third kappa shape index (κ3) is 3.31. The predicted octanol–water partition coefficient (Wildman–Crippen LogP) is 4.13. The summed E-state index contributed by atoms with van der Waals surface area (Å²) in [6.07, 6.45) is 7.54. The normalized spacial score (nSPS) is 23.6. The molecule has 4 heteroatoms. The van der Waals surface area contributed by atoms with Gasteiger partial charge >= 0.3 is 0 Å².